The van der Waals surface area contributed by atoms with Crippen LogP contribution in [-0.4, -0.2) is 43.0 Å². The summed E-state index contributed by atoms with van der Waals surface area (Å²) in [5, 5.41) is 15.8. The van der Waals surface area contributed by atoms with Gasteiger partial charge in [-0.1, -0.05) is 73.0 Å². The van der Waals surface area contributed by atoms with Crippen LogP contribution in [0.25, 0.3) is 11.4 Å². The maximum absolute atomic E-state index is 13.8. The zero-order chi connectivity index (χ0) is 25.6. The molecule has 1 N–H and O–H groups in total. The van der Waals surface area contributed by atoms with Crippen LogP contribution in [-0.2, 0) is 22.7 Å². The van der Waals surface area contributed by atoms with E-state index in [1.54, 1.807) is 12.1 Å². The Kier molecular flexibility index (Phi) is 7.39. The SMILES string of the molecule is Cc1ccc(-c2nnn(CC(=O)N(Cc3ccccc3)C(C(=O)NC3CCCC3)c3ccco3)n2)cc1. The molecule has 9 nitrogen and oxygen atoms in total. The first-order chi connectivity index (χ1) is 18.1. The summed E-state index contributed by atoms with van der Waals surface area (Å²) in [5.74, 6) is 0.272. The number of benzene rings is 2. The first-order valence-corrected chi connectivity index (χ1v) is 12.6. The van der Waals surface area contributed by atoms with Gasteiger partial charge in [-0.3, -0.25) is 9.59 Å². The third-order valence-electron chi connectivity index (χ3n) is 6.63. The number of nitrogens with zero attached hydrogens (tertiary/aromatic N) is 5. The topological polar surface area (TPSA) is 106 Å². The van der Waals surface area contributed by atoms with Gasteiger partial charge in [0.05, 0.1) is 6.26 Å². The lowest BCUT2D eigenvalue weighted by molar-refractivity contribution is -0.143. The Hall–Kier alpha value is -4.27. The summed E-state index contributed by atoms with van der Waals surface area (Å²) >= 11 is 0. The van der Waals surface area contributed by atoms with Gasteiger partial charge in [-0.2, -0.15) is 4.80 Å². The van der Waals surface area contributed by atoms with Crippen LogP contribution in [0.15, 0.2) is 77.4 Å². The largest absolute Gasteiger partial charge is 0.467 e. The number of hydrogen-bond acceptors (Lipinski definition) is 6. The third-order valence-corrected chi connectivity index (χ3v) is 6.63. The molecule has 2 heterocycles. The number of carbonyl (C=O) groups is 2. The van der Waals surface area contributed by atoms with Crippen molar-refractivity contribution >= 4 is 11.8 Å². The zero-order valence-electron chi connectivity index (χ0n) is 20.8. The van der Waals surface area contributed by atoms with Crippen molar-refractivity contribution in [2.75, 3.05) is 0 Å². The molecular formula is C28H30N6O3. The number of nitrogens with one attached hydrogen (secondary N) is 1. The molecule has 1 saturated carbocycles. The Morgan fingerprint density at radius 1 is 1.05 bits per heavy atom. The maximum atomic E-state index is 13.8. The van der Waals surface area contributed by atoms with Gasteiger partial charge in [-0.05, 0) is 42.7 Å². The van der Waals surface area contributed by atoms with Crippen LogP contribution in [0.3, 0.4) is 0 Å². The molecule has 1 atom stereocenters. The first-order valence-electron chi connectivity index (χ1n) is 12.6. The molecule has 5 rings (SSSR count). The fourth-order valence-electron chi connectivity index (χ4n) is 4.67. The van der Waals surface area contributed by atoms with Gasteiger partial charge in [0.15, 0.2) is 6.04 Å². The molecule has 0 bridgehead atoms. The monoisotopic (exact) mass is 498 g/mol. The number of hydrogen-bond donors (Lipinski definition) is 1. The number of aryl methyl sites for hydroxylation is 1. The highest BCUT2D eigenvalue weighted by atomic mass is 16.3. The quantitative estimate of drug-likeness (QED) is 0.373. The molecule has 0 spiro atoms. The predicted molar refractivity (Wildman–Crippen MR) is 137 cm³/mol. The second-order valence-corrected chi connectivity index (χ2v) is 9.42. The third kappa shape index (κ3) is 5.94. The van der Waals surface area contributed by atoms with Crippen molar-refractivity contribution < 1.29 is 14.0 Å². The lowest BCUT2D eigenvalue weighted by Gasteiger charge is -2.30. The average Bonchev–Trinajstić information content (AvgIpc) is 3.69. The van der Waals surface area contributed by atoms with Gasteiger partial charge in [0, 0.05) is 18.2 Å². The van der Waals surface area contributed by atoms with Crippen molar-refractivity contribution in [2.45, 2.75) is 57.8 Å². The summed E-state index contributed by atoms with van der Waals surface area (Å²) in [6, 6.07) is 20.0. The van der Waals surface area contributed by atoms with Crippen LogP contribution in [0, 0.1) is 6.92 Å². The van der Waals surface area contributed by atoms with E-state index in [1.165, 1.54) is 16.0 Å². The molecule has 2 amide bonds. The van der Waals surface area contributed by atoms with Gasteiger partial charge in [-0.15, -0.1) is 10.2 Å². The van der Waals surface area contributed by atoms with Crippen molar-refractivity contribution in [1.82, 2.24) is 30.4 Å². The van der Waals surface area contributed by atoms with Crippen LogP contribution < -0.4 is 5.32 Å². The predicted octanol–water partition coefficient (Wildman–Crippen LogP) is 4.07. The van der Waals surface area contributed by atoms with E-state index in [2.05, 4.69) is 20.7 Å². The standard InChI is InChI=1S/C28H30N6O3/c1-20-13-15-22(16-14-20)27-30-32-34(31-27)19-25(35)33(18-21-8-3-2-4-9-21)26(24-12-7-17-37-24)28(36)29-23-10-5-6-11-23/h2-4,7-9,12-17,23,26H,5-6,10-11,18-19H2,1H3,(H,29,36). The minimum Gasteiger partial charge on any atom is -0.467 e. The molecule has 37 heavy (non-hydrogen) atoms. The normalized spacial score (nSPS) is 14.4. The zero-order valence-corrected chi connectivity index (χ0v) is 20.8. The number of rotatable bonds is 9. The molecule has 0 radical (unpaired) electrons. The second-order valence-electron chi connectivity index (χ2n) is 9.42. The molecule has 2 aromatic carbocycles. The van der Waals surface area contributed by atoms with E-state index in [1.807, 2.05) is 61.5 Å². The average molecular weight is 499 g/mol. The summed E-state index contributed by atoms with van der Waals surface area (Å²) in [6.07, 6.45) is 5.57. The molecule has 1 fully saturated rings. The molecular weight excluding hydrogens is 468 g/mol. The molecule has 1 aliphatic carbocycles. The molecule has 2 aromatic heterocycles. The molecule has 1 unspecified atom stereocenters. The minimum atomic E-state index is -0.927. The molecule has 0 aliphatic heterocycles. The van der Waals surface area contributed by atoms with E-state index in [0.29, 0.717) is 11.6 Å². The summed E-state index contributed by atoms with van der Waals surface area (Å²) in [6.45, 7) is 2.06. The number of amides is 2. The fraction of sp³-hybridized carbons (Fsp3) is 0.321. The van der Waals surface area contributed by atoms with Crippen molar-refractivity contribution in [2.24, 2.45) is 0 Å². The van der Waals surface area contributed by atoms with Crippen molar-refractivity contribution in [1.29, 1.82) is 0 Å². The highest BCUT2D eigenvalue weighted by Crippen LogP contribution is 2.27. The minimum absolute atomic E-state index is 0.104. The molecule has 9 heteroatoms. The van der Waals surface area contributed by atoms with E-state index in [4.69, 9.17) is 4.42 Å². The van der Waals surface area contributed by atoms with Crippen molar-refractivity contribution in [3.63, 3.8) is 0 Å². The molecule has 0 saturated heterocycles. The van der Waals surface area contributed by atoms with Crippen LogP contribution in [0.4, 0.5) is 0 Å². The Morgan fingerprint density at radius 3 is 2.51 bits per heavy atom. The number of furan rings is 1. The van der Waals surface area contributed by atoms with Crippen LogP contribution >= 0.6 is 0 Å². The summed E-state index contributed by atoms with van der Waals surface area (Å²) in [4.78, 5) is 30.2. The first kappa shape index (κ1) is 24.4. The Bertz CT molecular complexity index is 1310. The maximum Gasteiger partial charge on any atom is 0.250 e. The molecule has 1 aliphatic rings. The number of aromatic nitrogens is 4. The van der Waals surface area contributed by atoms with E-state index >= 15 is 0 Å². The Balaban J connectivity index is 1.42. The highest BCUT2D eigenvalue weighted by molar-refractivity contribution is 5.88. The number of tetrazole rings is 1. The highest BCUT2D eigenvalue weighted by Gasteiger charge is 2.35. The lowest BCUT2D eigenvalue weighted by atomic mass is 10.1. The van der Waals surface area contributed by atoms with E-state index in [0.717, 1.165) is 42.4 Å². The van der Waals surface area contributed by atoms with E-state index in [9.17, 15) is 9.59 Å². The number of carbonyl (C=O) groups excluding carboxylic acids is 2. The van der Waals surface area contributed by atoms with Crippen LogP contribution in [0.5, 0.6) is 0 Å². The van der Waals surface area contributed by atoms with Crippen molar-refractivity contribution in [3.8, 4) is 11.4 Å². The van der Waals surface area contributed by atoms with Gasteiger partial charge in [-0.25, -0.2) is 0 Å². The van der Waals surface area contributed by atoms with Gasteiger partial charge in [0.1, 0.15) is 12.3 Å². The van der Waals surface area contributed by atoms with Crippen LogP contribution in [0.1, 0.15) is 48.6 Å². The van der Waals surface area contributed by atoms with Gasteiger partial charge in [0.25, 0.3) is 5.91 Å². The van der Waals surface area contributed by atoms with Gasteiger partial charge in [0.2, 0.25) is 11.7 Å². The van der Waals surface area contributed by atoms with Crippen molar-refractivity contribution in [3.05, 3.63) is 89.9 Å². The summed E-state index contributed by atoms with van der Waals surface area (Å²) in [5.41, 5.74) is 2.84. The Morgan fingerprint density at radius 2 is 1.81 bits per heavy atom. The lowest BCUT2D eigenvalue weighted by Crippen LogP contribution is -2.46. The van der Waals surface area contributed by atoms with E-state index < -0.39 is 6.04 Å². The summed E-state index contributed by atoms with van der Waals surface area (Å²) in [7, 11) is 0. The smallest absolute Gasteiger partial charge is 0.250 e. The van der Waals surface area contributed by atoms with Crippen LogP contribution in [0.2, 0.25) is 0 Å². The summed E-state index contributed by atoms with van der Waals surface area (Å²) < 4.78 is 5.67. The second kappa shape index (κ2) is 11.2. The molecule has 4 aromatic rings. The Labute approximate surface area is 215 Å². The van der Waals surface area contributed by atoms with Gasteiger partial charge < -0.3 is 14.6 Å². The fourth-order valence-corrected chi connectivity index (χ4v) is 4.67. The molecule has 190 valence electrons. The van der Waals surface area contributed by atoms with E-state index in [-0.39, 0.29) is 30.9 Å². The van der Waals surface area contributed by atoms with Gasteiger partial charge >= 0.3 is 0 Å².